The number of nitrogens with one attached hydrogen (secondary N) is 1. The minimum atomic E-state index is -0.674. The van der Waals surface area contributed by atoms with Crippen molar-refractivity contribution >= 4 is 11.8 Å². The lowest BCUT2D eigenvalue weighted by Crippen LogP contribution is -2.53. The molecule has 0 bridgehead atoms. The predicted molar refractivity (Wildman–Crippen MR) is 102 cm³/mol. The van der Waals surface area contributed by atoms with E-state index in [2.05, 4.69) is 5.32 Å². The number of benzene rings is 2. The Balaban J connectivity index is 1.67. The number of nitrogens with zero attached hydrogens (tertiary/aromatic N) is 1. The average molecular weight is 382 g/mol. The van der Waals surface area contributed by atoms with Gasteiger partial charge >= 0.3 is 0 Å². The van der Waals surface area contributed by atoms with Crippen molar-refractivity contribution in [2.75, 3.05) is 26.8 Å². The van der Waals surface area contributed by atoms with Crippen LogP contribution in [0.3, 0.4) is 0 Å². The summed E-state index contributed by atoms with van der Waals surface area (Å²) >= 11 is 0. The highest BCUT2D eigenvalue weighted by molar-refractivity contribution is 6.00. The lowest BCUT2D eigenvalue weighted by molar-refractivity contribution is -0.126. The minimum absolute atomic E-state index is 0.0782. The summed E-state index contributed by atoms with van der Waals surface area (Å²) in [5, 5.41) is 3.20. The fourth-order valence-electron chi connectivity index (χ4n) is 4.20. The maximum atomic E-state index is 13.9. The lowest BCUT2D eigenvalue weighted by Gasteiger charge is -2.40. The first-order chi connectivity index (χ1) is 13.5. The number of ether oxygens (including phenoxy) is 1. The van der Waals surface area contributed by atoms with Gasteiger partial charge in [0.2, 0.25) is 5.91 Å². The van der Waals surface area contributed by atoms with E-state index in [0.29, 0.717) is 38.2 Å². The van der Waals surface area contributed by atoms with Crippen LogP contribution in [0, 0.1) is 5.82 Å². The second kappa shape index (κ2) is 7.36. The van der Waals surface area contributed by atoms with E-state index in [1.165, 1.54) is 12.1 Å². The Hall–Kier alpha value is -2.73. The van der Waals surface area contributed by atoms with Crippen molar-refractivity contribution in [2.45, 2.75) is 24.3 Å². The molecule has 5 nitrogen and oxygen atoms in total. The second-order valence-corrected chi connectivity index (χ2v) is 7.52. The van der Waals surface area contributed by atoms with Crippen molar-refractivity contribution < 1.29 is 18.7 Å². The number of amides is 2. The van der Waals surface area contributed by atoms with Crippen molar-refractivity contribution in [1.82, 2.24) is 10.2 Å². The van der Waals surface area contributed by atoms with Crippen LogP contribution >= 0.6 is 0 Å². The quantitative estimate of drug-likeness (QED) is 0.888. The molecule has 28 heavy (non-hydrogen) atoms. The molecule has 2 aliphatic heterocycles. The van der Waals surface area contributed by atoms with Gasteiger partial charge in [0.05, 0.1) is 11.5 Å². The Kier molecular flexibility index (Phi) is 4.89. The van der Waals surface area contributed by atoms with E-state index in [4.69, 9.17) is 4.74 Å². The van der Waals surface area contributed by atoms with E-state index in [1.54, 1.807) is 30.1 Å². The Morgan fingerprint density at radius 3 is 2.68 bits per heavy atom. The van der Waals surface area contributed by atoms with Crippen LogP contribution in [0.15, 0.2) is 48.5 Å². The van der Waals surface area contributed by atoms with Gasteiger partial charge in [-0.2, -0.15) is 0 Å². The van der Waals surface area contributed by atoms with Gasteiger partial charge in [-0.05, 0) is 42.2 Å². The first-order valence-electron chi connectivity index (χ1n) is 9.50. The first kappa shape index (κ1) is 18.6. The van der Waals surface area contributed by atoms with Crippen LogP contribution in [0.25, 0.3) is 0 Å². The van der Waals surface area contributed by atoms with Crippen LogP contribution in [0.5, 0.6) is 0 Å². The molecule has 0 spiro atoms. The molecule has 6 heteroatoms. The van der Waals surface area contributed by atoms with Crippen molar-refractivity contribution in [3.63, 3.8) is 0 Å². The van der Waals surface area contributed by atoms with Crippen molar-refractivity contribution in [1.29, 1.82) is 0 Å². The molecule has 0 radical (unpaired) electrons. The van der Waals surface area contributed by atoms with Gasteiger partial charge in [0.1, 0.15) is 5.82 Å². The number of carbonyl (C=O) groups is 2. The van der Waals surface area contributed by atoms with Crippen LogP contribution in [0.1, 0.15) is 40.2 Å². The highest BCUT2D eigenvalue weighted by Gasteiger charge is 2.40. The summed E-state index contributed by atoms with van der Waals surface area (Å²) in [6, 6.07) is 13.6. The molecule has 4 rings (SSSR count). The lowest BCUT2D eigenvalue weighted by atomic mass is 9.81. The third-order valence-electron chi connectivity index (χ3n) is 5.77. The van der Waals surface area contributed by atoms with Gasteiger partial charge in [0.25, 0.3) is 5.91 Å². The number of hydrogen-bond acceptors (Lipinski definition) is 3. The van der Waals surface area contributed by atoms with E-state index in [9.17, 15) is 14.0 Å². The van der Waals surface area contributed by atoms with Crippen LogP contribution in [0.4, 0.5) is 4.39 Å². The topological polar surface area (TPSA) is 58.6 Å². The Labute approximate surface area is 163 Å². The van der Waals surface area contributed by atoms with E-state index in [-0.39, 0.29) is 17.6 Å². The zero-order chi connectivity index (χ0) is 19.7. The Morgan fingerprint density at radius 1 is 1.18 bits per heavy atom. The number of hydrogen-bond donors (Lipinski definition) is 1. The largest absolute Gasteiger partial charge is 0.381 e. The monoisotopic (exact) mass is 382 g/mol. The Morgan fingerprint density at radius 2 is 1.93 bits per heavy atom. The molecule has 146 valence electrons. The fraction of sp³-hybridized carbons (Fsp3) is 0.364. The highest BCUT2D eigenvalue weighted by atomic mass is 19.1. The van der Waals surface area contributed by atoms with E-state index >= 15 is 0 Å². The summed E-state index contributed by atoms with van der Waals surface area (Å²) in [5.41, 5.74) is 1.37. The molecular weight excluding hydrogens is 359 g/mol. The molecule has 1 saturated heterocycles. The summed E-state index contributed by atoms with van der Waals surface area (Å²) in [7, 11) is 1.70. The smallest absolute Gasteiger partial charge is 0.253 e. The van der Waals surface area contributed by atoms with E-state index < -0.39 is 11.5 Å². The number of halogens is 1. The highest BCUT2D eigenvalue weighted by Crippen LogP contribution is 2.35. The molecular formula is C22H23FN2O3. The summed E-state index contributed by atoms with van der Waals surface area (Å²) in [6.07, 6.45) is 1.15. The molecule has 0 aliphatic carbocycles. The molecule has 1 N–H and O–H groups in total. The average Bonchev–Trinajstić information content (AvgIpc) is 2.71. The van der Waals surface area contributed by atoms with Crippen LogP contribution < -0.4 is 5.32 Å². The van der Waals surface area contributed by atoms with Crippen LogP contribution in [-0.2, 0) is 15.1 Å². The third-order valence-corrected chi connectivity index (χ3v) is 5.77. The van der Waals surface area contributed by atoms with Gasteiger partial charge in [-0.15, -0.1) is 0 Å². The molecule has 1 atom stereocenters. The normalized spacial score (nSPS) is 21.1. The molecule has 1 unspecified atom stereocenters. The van der Waals surface area contributed by atoms with Gasteiger partial charge in [-0.1, -0.05) is 30.3 Å². The minimum Gasteiger partial charge on any atom is -0.381 e. The molecule has 2 aromatic carbocycles. The number of rotatable bonds is 3. The van der Waals surface area contributed by atoms with E-state index in [1.807, 2.05) is 18.2 Å². The summed E-state index contributed by atoms with van der Waals surface area (Å²) in [4.78, 5) is 27.4. The SMILES string of the molecule is CN1CC(C(=O)NC2(c3cccc(F)c3)CCOCC2)c2ccccc2C1=O. The van der Waals surface area contributed by atoms with Gasteiger partial charge in [0.15, 0.2) is 0 Å². The maximum absolute atomic E-state index is 13.9. The summed E-state index contributed by atoms with van der Waals surface area (Å²) in [5.74, 6) is -1.03. The van der Waals surface area contributed by atoms with Gasteiger partial charge < -0.3 is 15.0 Å². The second-order valence-electron chi connectivity index (χ2n) is 7.52. The molecule has 0 aromatic heterocycles. The molecule has 2 heterocycles. The molecule has 0 saturated carbocycles. The predicted octanol–water partition coefficient (Wildman–Crippen LogP) is 2.82. The van der Waals surface area contributed by atoms with Crippen LogP contribution in [0.2, 0.25) is 0 Å². The van der Waals surface area contributed by atoms with Crippen LogP contribution in [-0.4, -0.2) is 43.5 Å². The molecule has 2 amide bonds. The summed E-state index contributed by atoms with van der Waals surface area (Å²) in [6.45, 7) is 1.31. The maximum Gasteiger partial charge on any atom is 0.253 e. The van der Waals surface area contributed by atoms with E-state index in [0.717, 1.165) is 11.1 Å². The molecule has 2 aromatic rings. The molecule has 1 fully saturated rings. The van der Waals surface area contributed by atoms with Crippen molar-refractivity contribution in [3.8, 4) is 0 Å². The Bertz CT molecular complexity index is 908. The van der Waals surface area contributed by atoms with Gasteiger partial charge in [0, 0.05) is 32.4 Å². The standard InChI is InChI=1S/C22H23FN2O3/c1-25-14-19(17-7-2-3-8-18(17)21(25)27)20(26)24-22(9-11-28-12-10-22)15-5-4-6-16(23)13-15/h2-8,13,19H,9-12,14H2,1H3,(H,24,26). The number of carbonyl (C=O) groups excluding carboxylic acids is 2. The van der Waals surface area contributed by atoms with Crippen molar-refractivity contribution in [2.24, 2.45) is 0 Å². The zero-order valence-corrected chi connectivity index (χ0v) is 15.8. The molecule has 2 aliphatic rings. The third kappa shape index (κ3) is 3.29. The summed E-state index contributed by atoms with van der Waals surface area (Å²) < 4.78 is 19.4. The van der Waals surface area contributed by atoms with Gasteiger partial charge in [-0.25, -0.2) is 4.39 Å². The number of fused-ring (bicyclic) bond motifs is 1. The van der Waals surface area contributed by atoms with Crippen molar-refractivity contribution in [3.05, 3.63) is 71.0 Å². The van der Waals surface area contributed by atoms with Gasteiger partial charge in [-0.3, -0.25) is 9.59 Å². The number of likely N-dealkylation sites (N-methyl/N-ethyl adjacent to an activating group) is 1. The fourth-order valence-corrected chi connectivity index (χ4v) is 4.20. The first-order valence-corrected chi connectivity index (χ1v) is 9.50. The zero-order valence-electron chi connectivity index (χ0n) is 15.8.